The first kappa shape index (κ1) is 30.4. The number of amides is 2. The van der Waals surface area contributed by atoms with E-state index in [2.05, 4.69) is 20.1 Å². The van der Waals surface area contributed by atoms with Gasteiger partial charge in [0.05, 0.1) is 23.2 Å². The van der Waals surface area contributed by atoms with E-state index < -0.39 is 22.6 Å². The summed E-state index contributed by atoms with van der Waals surface area (Å²) in [6.07, 6.45) is 7.94. The molecular formula is C32H44N2O5S. The fourth-order valence-corrected chi connectivity index (χ4v) is 9.39. The van der Waals surface area contributed by atoms with Crippen LogP contribution in [0.3, 0.4) is 0 Å². The molecule has 0 saturated carbocycles. The summed E-state index contributed by atoms with van der Waals surface area (Å²) in [7, 11) is 0. The maximum atomic E-state index is 14.8. The highest BCUT2D eigenvalue weighted by Gasteiger charge is 2.76. The molecule has 3 unspecified atom stereocenters. The Morgan fingerprint density at radius 2 is 1.95 bits per heavy atom. The second-order valence-electron chi connectivity index (χ2n) is 11.5. The van der Waals surface area contributed by atoms with Crippen LogP contribution in [-0.2, 0) is 19.1 Å². The number of aliphatic hydroxyl groups is 1. The van der Waals surface area contributed by atoms with Crippen molar-refractivity contribution in [2.24, 2.45) is 17.8 Å². The number of esters is 1. The van der Waals surface area contributed by atoms with E-state index in [1.165, 1.54) is 0 Å². The maximum Gasteiger partial charge on any atom is 0.310 e. The molecule has 7 nitrogen and oxygen atoms in total. The highest BCUT2D eigenvalue weighted by atomic mass is 32.2. The van der Waals surface area contributed by atoms with E-state index >= 15 is 0 Å². The van der Waals surface area contributed by atoms with Crippen molar-refractivity contribution in [2.45, 2.75) is 75.3 Å². The Balaban J connectivity index is 1.74. The van der Waals surface area contributed by atoms with E-state index in [0.717, 1.165) is 48.9 Å². The minimum Gasteiger partial charge on any atom is -0.465 e. The van der Waals surface area contributed by atoms with Crippen LogP contribution in [0.25, 0.3) is 0 Å². The van der Waals surface area contributed by atoms with Gasteiger partial charge in [0.15, 0.2) is 0 Å². The molecule has 3 aliphatic rings. The largest absolute Gasteiger partial charge is 0.465 e. The van der Waals surface area contributed by atoms with Crippen LogP contribution in [-0.4, -0.2) is 70.1 Å². The third-order valence-electron chi connectivity index (χ3n) is 8.86. The van der Waals surface area contributed by atoms with Crippen LogP contribution in [0.5, 0.6) is 0 Å². The van der Waals surface area contributed by atoms with Gasteiger partial charge in [-0.15, -0.1) is 24.9 Å². The van der Waals surface area contributed by atoms with Crippen molar-refractivity contribution in [1.29, 1.82) is 0 Å². The molecule has 3 heterocycles. The predicted octanol–water partition coefficient (Wildman–Crippen LogP) is 4.83. The molecule has 2 amide bonds. The number of fused-ring (bicyclic) bond motifs is 1. The monoisotopic (exact) mass is 568 g/mol. The number of unbranched alkanes of at least 4 members (excludes halogenated alkanes) is 3. The zero-order chi connectivity index (χ0) is 29.0. The first-order chi connectivity index (χ1) is 19.2. The van der Waals surface area contributed by atoms with Crippen molar-refractivity contribution >= 4 is 35.2 Å². The van der Waals surface area contributed by atoms with E-state index in [9.17, 15) is 19.5 Å². The number of thioether (sulfide) groups is 1. The molecule has 1 N–H and O–H groups in total. The second-order valence-corrected chi connectivity index (χ2v) is 13.0. The molecule has 40 heavy (non-hydrogen) atoms. The van der Waals surface area contributed by atoms with Crippen molar-refractivity contribution in [1.82, 2.24) is 4.90 Å². The molecule has 3 aliphatic heterocycles. The number of anilines is 1. The highest BCUT2D eigenvalue weighted by molar-refractivity contribution is 8.02. The summed E-state index contributed by atoms with van der Waals surface area (Å²) < 4.78 is 4.93. The van der Waals surface area contributed by atoms with Gasteiger partial charge in [0.2, 0.25) is 5.91 Å². The summed E-state index contributed by atoms with van der Waals surface area (Å²) >= 11 is 1.67. The van der Waals surface area contributed by atoms with Crippen molar-refractivity contribution in [3.8, 4) is 0 Å². The Hall–Kier alpha value is -2.58. The average Bonchev–Trinajstić information content (AvgIpc) is 3.52. The number of rotatable bonds is 14. The van der Waals surface area contributed by atoms with E-state index in [4.69, 9.17) is 4.74 Å². The summed E-state index contributed by atoms with van der Waals surface area (Å²) in [6, 6.07) is 5.38. The topological polar surface area (TPSA) is 87.1 Å². The molecular weight excluding hydrogens is 524 g/mol. The number of nitrogens with zero attached hydrogens (tertiary/aromatic N) is 2. The number of likely N-dealkylation sites (tertiary alicyclic amines) is 1. The van der Waals surface area contributed by atoms with Gasteiger partial charge in [-0.1, -0.05) is 44.1 Å². The molecule has 6 atom stereocenters. The summed E-state index contributed by atoms with van der Waals surface area (Å²) in [5, 5.41) is 9.14. The van der Waals surface area contributed by atoms with Crippen molar-refractivity contribution in [3.63, 3.8) is 0 Å². The first-order valence-electron chi connectivity index (χ1n) is 14.6. The molecule has 3 saturated heterocycles. The lowest BCUT2D eigenvalue weighted by Crippen LogP contribution is -2.57. The van der Waals surface area contributed by atoms with Crippen LogP contribution < -0.4 is 4.90 Å². The second kappa shape index (κ2) is 12.9. The van der Waals surface area contributed by atoms with Gasteiger partial charge >= 0.3 is 5.97 Å². The predicted molar refractivity (Wildman–Crippen MR) is 160 cm³/mol. The normalized spacial score (nSPS) is 28.4. The van der Waals surface area contributed by atoms with Gasteiger partial charge in [-0.3, -0.25) is 14.4 Å². The van der Waals surface area contributed by atoms with Crippen molar-refractivity contribution in [3.05, 3.63) is 54.6 Å². The van der Waals surface area contributed by atoms with Crippen molar-refractivity contribution < 1.29 is 24.2 Å². The van der Waals surface area contributed by atoms with Gasteiger partial charge in [-0.25, -0.2) is 0 Å². The van der Waals surface area contributed by atoms with E-state index in [-0.39, 0.29) is 42.2 Å². The van der Waals surface area contributed by atoms with E-state index in [1.54, 1.807) is 33.7 Å². The third-order valence-corrected chi connectivity index (χ3v) is 10.9. The zero-order valence-corrected chi connectivity index (χ0v) is 25.0. The molecule has 0 aromatic heterocycles. The smallest absolute Gasteiger partial charge is 0.310 e. The lowest BCUT2D eigenvalue weighted by atomic mass is 9.66. The van der Waals surface area contributed by atoms with Gasteiger partial charge in [0.25, 0.3) is 5.91 Å². The highest BCUT2D eigenvalue weighted by Crippen LogP contribution is 2.68. The number of carbonyl (C=O) groups excluding carboxylic acids is 3. The van der Waals surface area contributed by atoms with Crippen LogP contribution in [0.1, 0.15) is 56.6 Å². The number of hydrogen-bond donors (Lipinski definition) is 1. The quantitative estimate of drug-likeness (QED) is 0.197. The summed E-state index contributed by atoms with van der Waals surface area (Å²) in [6.45, 7) is 14.9. The van der Waals surface area contributed by atoms with Crippen LogP contribution in [0.2, 0.25) is 0 Å². The van der Waals surface area contributed by atoms with Gasteiger partial charge < -0.3 is 19.6 Å². The number of aryl methyl sites for hydroxylation is 2. The lowest BCUT2D eigenvalue weighted by molar-refractivity contribution is -0.154. The molecule has 1 spiro atoms. The molecule has 1 aromatic carbocycles. The van der Waals surface area contributed by atoms with Gasteiger partial charge in [-0.05, 0) is 62.6 Å². The molecule has 3 fully saturated rings. The number of ether oxygens (including phenoxy) is 1. The van der Waals surface area contributed by atoms with Crippen LogP contribution in [0.4, 0.5) is 5.69 Å². The summed E-state index contributed by atoms with van der Waals surface area (Å²) in [5.41, 5.74) is 2.86. The number of benzene rings is 1. The minimum atomic E-state index is -0.691. The molecule has 4 rings (SSSR count). The lowest BCUT2D eigenvalue weighted by Gasteiger charge is -2.40. The molecule has 218 valence electrons. The Bertz CT molecular complexity index is 1140. The van der Waals surface area contributed by atoms with Gasteiger partial charge in [0, 0.05) is 30.6 Å². The van der Waals surface area contributed by atoms with Gasteiger partial charge in [-0.2, -0.15) is 0 Å². The zero-order valence-electron chi connectivity index (χ0n) is 24.1. The van der Waals surface area contributed by atoms with Crippen LogP contribution >= 0.6 is 11.8 Å². The van der Waals surface area contributed by atoms with E-state index in [0.29, 0.717) is 19.5 Å². The standard InChI is InChI=1S/C32H44N2O5S/c1-6-8-18-39-31(38)26-25-20-23(5)32(40-25)27(26)29(36)34(16-11-9-10-12-17-35)28(32)30(37)33(15-7-2)24-19-21(3)13-14-22(24)4/h6-7,13-14,19,23,25-28,35H,1-2,8-12,15-18,20H2,3-5H3/t23?,25-,26+,27+,28?,32?/m1/s1. The Morgan fingerprint density at radius 3 is 2.65 bits per heavy atom. The number of carbonyl (C=O) groups is 3. The van der Waals surface area contributed by atoms with Crippen LogP contribution in [0, 0.1) is 31.6 Å². The summed E-state index contributed by atoms with van der Waals surface area (Å²) in [4.78, 5) is 46.0. The molecule has 8 heteroatoms. The third kappa shape index (κ3) is 5.37. The fourth-order valence-electron chi connectivity index (χ4n) is 6.99. The van der Waals surface area contributed by atoms with Crippen molar-refractivity contribution in [2.75, 3.05) is 31.2 Å². The molecule has 0 aliphatic carbocycles. The SMILES string of the molecule is C=CCCOC(=O)[C@@H]1[C@H]2C(=O)N(CCCCCCO)C(C(=O)N(CC=C)c3cc(C)ccc3C)C23S[C@@H]1CC3C. The first-order valence-corrected chi connectivity index (χ1v) is 15.5. The average molecular weight is 569 g/mol. The molecule has 1 aromatic rings. The van der Waals surface area contributed by atoms with E-state index in [1.807, 2.05) is 32.0 Å². The number of hydrogen-bond acceptors (Lipinski definition) is 6. The molecule has 0 radical (unpaired) electrons. The van der Waals surface area contributed by atoms with Gasteiger partial charge in [0.1, 0.15) is 6.04 Å². The maximum absolute atomic E-state index is 14.8. The van der Waals surface area contributed by atoms with Crippen LogP contribution in [0.15, 0.2) is 43.5 Å². The molecule has 2 bridgehead atoms. The Morgan fingerprint density at radius 1 is 1.20 bits per heavy atom. The summed E-state index contributed by atoms with van der Waals surface area (Å²) in [5.74, 6) is -1.60. The Labute approximate surface area is 243 Å². The fraction of sp³-hybridized carbons (Fsp3) is 0.594. The minimum absolute atomic E-state index is 0.0456. The Kier molecular flexibility index (Phi) is 9.83. The number of aliphatic hydroxyl groups excluding tert-OH is 1.